The summed E-state index contributed by atoms with van der Waals surface area (Å²) in [5, 5.41) is 24.2. The first-order chi connectivity index (χ1) is 66.9. The molecule has 872 valence electrons. The van der Waals surface area contributed by atoms with Crippen LogP contribution < -0.4 is 37.2 Å². The van der Waals surface area contributed by atoms with E-state index in [9.17, 15) is 4.79 Å². The van der Waals surface area contributed by atoms with E-state index in [1.54, 1.807) is 38.5 Å². The first kappa shape index (κ1) is 162. The van der Waals surface area contributed by atoms with Crippen molar-refractivity contribution in [2.24, 2.45) is 65.1 Å². The van der Waals surface area contributed by atoms with E-state index in [0.717, 1.165) is 90.0 Å². The lowest BCUT2D eigenvalue weighted by Gasteiger charge is -2.20. The molecule has 13 aliphatic carbocycles. The van der Waals surface area contributed by atoms with Crippen LogP contribution in [0.3, 0.4) is 0 Å². The lowest BCUT2D eigenvalue weighted by atomic mass is 9.85. The SMILES string of the molecule is C1CCC(CCC2CC2)CC1.C=O.C=O.CC(C)CCCC1CC1.CCCC1CC1.CCCCCC(=O)NC1CC1.CCCCCCCC=CC1CC1.CCCCCCCC=CC1CC1.CCCCCCCCNC1CC1.CCCCCCCNC1CC1.CCCCCCCNCC1CC1.CCCCCCCNCC1CC1.CCCCCCCNCC1CC1.CCCCCCCNCC1CC1.S.S.S.S.S.S.S.S. The third-order valence-electron chi connectivity index (χ3n) is 29.0. The molecule has 0 saturated heterocycles. The van der Waals surface area contributed by atoms with Crippen LogP contribution in [0.2, 0.25) is 0 Å². The molecule has 7 N–H and O–H groups in total. The molecule has 13 saturated carbocycles. The number of nitrogens with one attached hydrogen (secondary N) is 7. The molecule has 18 heteroatoms. The van der Waals surface area contributed by atoms with Crippen molar-refractivity contribution in [3.63, 3.8) is 0 Å². The van der Waals surface area contributed by atoms with Gasteiger partial charge in [0.25, 0.3) is 0 Å². The molecule has 0 aromatic heterocycles. The zero-order valence-electron chi connectivity index (χ0n) is 98.8. The van der Waals surface area contributed by atoms with Crippen LogP contribution in [-0.4, -0.2) is 103 Å². The Labute approximate surface area is 960 Å². The molecule has 0 atom stereocenters. The van der Waals surface area contributed by atoms with Gasteiger partial charge in [0, 0.05) is 24.5 Å². The van der Waals surface area contributed by atoms with E-state index in [1.807, 2.05) is 13.6 Å². The van der Waals surface area contributed by atoms with E-state index in [1.165, 1.54) is 547 Å². The second-order valence-electron chi connectivity index (χ2n) is 45.6. The average Bonchev–Trinajstić information content (AvgIpc) is 1.78. The van der Waals surface area contributed by atoms with Gasteiger partial charge in [-0.1, -0.05) is 448 Å². The molecular formula is C126H267N7O3S8. The van der Waals surface area contributed by atoms with Gasteiger partial charge in [-0.3, -0.25) is 4.79 Å². The highest BCUT2D eigenvalue weighted by molar-refractivity contribution is 7.60. The van der Waals surface area contributed by atoms with Crippen molar-refractivity contribution in [3.05, 3.63) is 24.3 Å². The predicted octanol–water partition coefficient (Wildman–Crippen LogP) is 37.8. The molecule has 0 unspecified atom stereocenters. The summed E-state index contributed by atoms with van der Waals surface area (Å²) in [5.74, 6) is 11.9. The van der Waals surface area contributed by atoms with Crippen molar-refractivity contribution in [1.82, 2.24) is 37.2 Å². The highest BCUT2D eigenvalue weighted by atomic mass is 32.1. The zero-order valence-corrected chi connectivity index (χ0v) is 107. The Morgan fingerprint density at radius 1 is 0.243 bits per heavy atom. The summed E-state index contributed by atoms with van der Waals surface area (Å²) in [6, 6.07) is 2.34. The normalized spacial score (nSPS) is 16.7. The molecule has 0 spiro atoms. The predicted molar refractivity (Wildman–Crippen MR) is 692 cm³/mol. The molecule has 13 rings (SSSR count). The summed E-state index contributed by atoms with van der Waals surface area (Å²) >= 11 is 0. The number of carbonyl (C=O) groups is 3. The van der Waals surface area contributed by atoms with Gasteiger partial charge in [-0.2, -0.15) is 108 Å². The fourth-order valence-electron chi connectivity index (χ4n) is 17.1. The molecule has 0 bridgehead atoms. The van der Waals surface area contributed by atoms with Gasteiger partial charge in [0.05, 0.1) is 0 Å². The van der Waals surface area contributed by atoms with E-state index in [2.05, 4.69) is 145 Å². The third kappa shape index (κ3) is 149. The first-order valence-electron chi connectivity index (χ1n) is 62.5. The molecule has 0 aromatic rings. The summed E-state index contributed by atoms with van der Waals surface area (Å²) in [7, 11) is 0. The maximum atomic E-state index is 11.1. The van der Waals surface area contributed by atoms with Crippen LogP contribution in [0.25, 0.3) is 0 Å². The molecule has 13 aliphatic rings. The minimum absolute atomic E-state index is 0. The Morgan fingerprint density at radius 2 is 0.486 bits per heavy atom. The molecule has 144 heavy (non-hydrogen) atoms. The van der Waals surface area contributed by atoms with Gasteiger partial charge < -0.3 is 46.8 Å². The molecule has 0 aliphatic heterocycles. The van der Waals surface area contributed by atoms with Crippen LogP contribution >= 0.6 is 108 Å². The maximum absolute atomic E-state index is 11.1. The Morgan fingerprint density at radius 3 is 0.736 bits per heavy atom. The summed E-state index contributed by atoms with van der Waals surface area (Å²) < 4.78 is 0. The minimum Gasteiger partial charge on any atom is -0.353 e. The van der Waals surface area contributed by atoms with Crippen LogP contribution in [0.15, 0.2) is 24.3 Å². The van der Waals surface area contributed by atoms with Crippen molar-refractivity contribution in [2.75, 3.05) is 65.4 Å². The van der Waals surface area contributed by atoms with Gasteiger partial charge in [-0.25, -0.2) is 0 Å². The molecule has 10 nitrogen and oxygen atoms in total. The number of amides is 1. The zero-order chi connectivity index (χ0) is 99.2. The van der Waals surface area contributed by atoms with E-state index in [-0.39, 0.29) is 114 Å². The van der Waals surface area contributed by atoms with E-state index in [4.69, 9.17) is 9.59 Å². The van der Waals surface area contributed by atoms with Gasteiger partial charge in [-0.15, -0.1) is 0 Å². The fraction of sp³-hybridized carbons (Fsp3) is 0.944. The van der Waals surface area contributed by atoms with Crippen molar-refractivity contribution in [2.45, 2.75) is 634 Å². The number of carbonyl (C=O) groups excluding carboxylic acids is 3. The summed E-state index contributed by atoms with van der Waals surface area (Å²) in [6.45, 7) is 43.9. The summed E-state index contributed by atoms with van der Waals surface area (Å²) in [6.07, 6.45) is 127. The number of unbranched alkanes of at least 4 members (excludes halogenated alkanes) is 37. The minimum atomic E-state index is 0. The van der Waals surface area contributed by atoms with E-state index < -0.39 is 0 Å². The van der Waals surface area contributed by atoms with Gasteiger partial charge in [0.2, 0.25) is 5.91 Å². The van der Waals surface area contributed by atoms with Gasteiger partial charge in [0.1, 0.15) is 13.6 Å². The fourth-order valence-corrected chi connectivity index (χ4v) is 17.1. The molecular weight excluding hydrogens is 1920 g/mol. The third-order valence-corrected chi connectivity index (χ3v) is 29.0. The quantitative estimate of drug-likeness (QED) is 0.0235. The standard InChI is InChI=1S/2C12H22.5C11H23N.C11H20.C10H21N.C9H17NO.C9H18.C6H12.2CH2O.8H2S/c2*1-2-3-4-5-6-7-8-9-12-10-11-12;4*1-2-3-4-5-6-9-12-10-11-7-8-11;1-2-3-4-5-6-7-10-12-11-8-9-11;1-2-4-10(5-3-1)6-7-11-8-9-11;1-2-3-4-5-6-9-11-10-7-8-10;1-2-3-4-5-9(11)10-8-6-7-8;1-8(2)4-3-5-9-6-7-9;1-2-3-6-4-5-6;2*1-2;;;;;;;;/h2*8-9,12H,2-7,10-11H2,1H3;5*11-12H,2-10H2,1H3;10-11H,1-9H2;10-11H,2-9H2,1H3;8H,2-7H2,1H3,(H,10,11);8-9H,3-7H2,1-2H3;6H,2-5H2,1H3;2*1H2;8*1H2. The van der Waals surface area contributed by atoms with Crippen LogP contribution in [0.1, 0.15) is 616 Å². The number of rotatable bonds is 75. The second kappa shape index (κ2) is 131. The topological polar surface area (TPSA) is 135 Å². The molecule has 1 amide bonds. The highest BCUT2D eigenvalue weighted by Gasteiger charge is 2.27. The average molecular weight is 2190 g/mol. The van der Waals surface area contributed by atoms with Crippen LogP contribution in [-0.2, 0) is 14.4 Å². The van der Waals surface area contributed by atoms with Crippen LogP contribution in [0.5, 0.6) is 0 Å². The maximum Gasteiger partial charge on any atom is 0.220 e. The summed E-state index contributed by atoms with van der Waals surface area (Å²) in [5.41, 5.74) is 0. The van der Waals surface area contributed by atoms with Crippen molar-refractivity contribution >= 4 is 127 Å². The number of hydrogen-bond acceptors (Lipinski definition) is 9. The van der Waals surface area contributed by atoms with Crippen molar-refractivity contribution < 1.29 is 14.4 Å². The van der Waals surface area contributed by atoms with Crippen molar-refractivity contribution in [3.8, 4) is 0 Å². The van der Waals surface area contributed by atoms with Gasteiger partial charge in [-0.05, 0) is 317 Å². The monoisotopic (exact) mass is 2180 g/mol. The largest absolute Gasteiger partial charge is 0.353 e. The van der Waals surface area contributed by atoms with Gasteiger partial charge in [0.15, 0.2) is 0 Å². The molecule has 13 fully saturated rings. The highest BCUT2D eigenvalue weighted by Crippen LogP contribution is 2.39. The smallest absolute Gasteiger partial charge is 0.220 e. The number of allylic oxidation sites excluding steroid dienone is 4. The Kier molecular flexibility index (Phi) is 147. The van der Waals surface area contributed by atoms with Gasteiger partial charge >= 0.3 is 0 Å². The molecule has 0 heterocycles. The lowest BCUT2D eigenvalue weighted by molar-refractivity contribution is -0.121. The first-order valence-corrected chi connectivity index (χ1v) is 62.5. The molecule has 0 radical (unpaired) electrons. The summed E-state index contributed by atoms with van der Waals surface area (Å²) in [4.78, 5) is 27.1. The Balaban J connectivity index is -0.000000196. The van der Waals surface area contributed by atoms with Crippen LogP contribution in [0, 0.1) is 65.1 Å². The van der Waals surface area contributed by atoms with E-state index >= 15 is 0 Å². The van der Waals surface area contributed by atoms with E-state index in [0.29, 0.717) is 6.04 Å². The number of hydrogen-bond donors (Lipinski definition) is 7. The Hall–Kier alpha value is 0.850. The van der Waals surface area contributed by atoms with Crippen LogP contribution in [0.4, 0.5) is 0 Å². The Bertz CT molecular complexity index is 2190. The molecule has 0 aromatic carbocycles. The lowest BCUT2D eigenvalue weighted by Crippen LogP contribution is -2.24. The second-order valence-corrected chi connectivity index (χ2v) is 45.6. The van der Waals surface area contributed by atoms with Crippen molar-refractivity contribution in [1.29, 1.82) is 0 Å².